The van der Waals surface area contributed by atoms with Crippen LogP contribution in [0, 0.1) is 11.3 Å². The predicted octanol–water partition coefficient (Wildman–Crippen LogP) is 3.49. The lowest BCUT2D eigenvalue weighted by molar-refractivity contribution is -0.0514. The predicted molar refractivity (Wildman–Crippen MR) is 58.5 cm³/mol. The zero-order chi connectivity index (χ0) is 12.8. The number of hydrogen-bond donors (Lipinski definition) is 0. The highest BCUT2D eigenvalue weighted by Crippen LogP contribution is 2.33. The average molecular weight is 262 g/mol. The maximum absolute atomic E-state index is 12.1. The Bertz CT molecular complexity index is 420. The van der Waals surface area contributed by atoms with Crippen LogP contribution in [-0.4, -0.2) is 13.2 Å². The topological polar surface area (TPSA) is 42.2 Å². The minimum atomic E-state index is -2.93. The summed E-state index contributed by atoms with van der Waals surface area (Å²) in [7, 11) is 0. The number of halogens is 3. The monoisotopic (exact) mass is 261 g/mol. The summed E-state index contributed by atoms with van der Waals surface area (Å²) >= 11 is 5.72. The third kappa shape index (κ3) is 3.75. The van der Waals surface area contributed by atoms with E-state index in [1.165, 1.54) is 18.2 Å². The molecule has 1 unspecified atom stereocenters. The quantitative estimate of drug-likeness (QED) is 0.762. The van der Waals surface area contributed by atoms with E-state index in [0.29, 0.717) is 12.2 Å². The summed E-state index contributed by atoms with van der Waals surface area (Å²) in [5.74, 6) is 0.0682. The van der Waals surface area contributed by atoms with E-state index in [1.807, 2.05) is 6.07 Å². The number of nitriles is 1. The van der Waals surface area contributed by atoms with Crippen LogP contribution in [0.1, 0.15) is 17.9 Å². The fraction of sp³-hybridized carbons (Fsp3) is 0.364. The Balaban J connectivity index is 3.04. The third-order valence-corrected chi connectivity index (χ3v) is 2.24. The van der Waals surface area contributed by atoms with Crippen molar-refractivity contribution < 1.29 is 18.3 Å². The van der Waals surface area contributed by atoms with Crippen LogP contribution in [0.25, 0.3) is 0 Å². The molecular weight excluding hydrogens is 252 g/mol. The van der Waals surface area contributed by atoms with Crippen molar-refractivity contribution in [1.82, 2.24) is 0 Å². The van der Waals surface area contributed by atoms with Gasteiger partial charge >= 0.3 is 6.61 Å². The molecule has 0 N–H and O–H groups in total. The molecule has 0 heterocycles. The highest BCUT2D eigenvalue weighted by molar-refractivity contribution is 6.22. The van der Waals surface area contributed by atoms with E-state index < -0.39 is 12.0 Å². The number of rotatable bonds is 5. The number of hydrogen-bond acceptors (Lipinski definition) is 3. The molecule has 92 valence electrons. The SMILES string of the molecule is CCOc1cc(C(Cl)C#N)ccc1OC(F)F. The molecule has 0 radical (unpaired) electrons. The van der Waals surface area contributed by atoms with Crippen molar-refractivity contribution in [3.8, 4) is 17.6 Å². The van der Waals surface area contributed by atoms with Gasteiger partial charge in [0, 0.05) is 0 Å². The molecule has 0 spiro atoms. The Labute approximate surface area is 103 Å². The van der Waals surface area contributed by atoms with E-state index in [4.69, 9.17) is 21.6 Å². The Morgan fingerprint density at radius 2 is 2.12 bits per heavy atom. The molecule has 0 bridgehead atoms. The lowest BCUT2D eigenvalue weighted by Gasteiger charge is -2.12. The van der Waals surface area contributed by atoms with Crippen LogP contribution >= 0.6 is 11.6 Å². The highest BCUT2D eigenvalue weighted by atomic mass is 35.5. The van der Waals surface area contributed by atoms with Crippen LogP contribution in [-0.2, 0) is 0 Å². The molecule has 0 aliphatic rings. The second-order valence-electron chi connectivity index (χ2n) is 3.01. The van der Waals surface area contributed by atoms with Gasteiger partial charge in [-0.1, -0.05) is 6.07 Å². The van der Waals surface area contributed by atoms with Crippen molar-refractivity contribution in [2.24, 2.45) is 0 Å². The summed E-state index contributed by atoms with van der Waals surface area (Å²) in [5, 5.41) is 7.80. The molecule has 1 atom stereocenters. The van der Waals surface area contributed by atoms with Crippen molar-refractivity contribution in [2.75, 3.05) is 6.61 Å². The molecule has 0 fully saturated rings. The van der Waals surface area contributed by atoms with Gasteiger partial charge in [0.15, 0.2) is 11.5 Å². The van der Waals surface area contributed by atoms with Gasteiger partial charge < -0.3 is 9.47 Å². The van der Waals surface area contributed by atoms with Crippen molar-refractivity contribution in [3.05, 3.63) is 23.8 Å². The Kier molecular flexibility index (Phi) is 4.98. The minimum Gasteiger partial charge on any atom is -0.490 e. The summed E-state index contributed by atoms with van der Waals surface area (Å²) in [5.41, 5.74) is 0.472. The number of ether oxygens (including phenoxy) is 2. The summed E-state index contributed by atoms with van der Waals surface area (Å²) in [6.45, 7) is -0.924. The van der Waals surface area contributed by atoms with Gasteiger partial charge in [-0.3, -0.25) is 0 Å². The third-order valence-electron chi connectivity index (χ3n) is 1.89. The van der Waals surface area contributed by atoms with Gasteiger partial charge in [0.05, 0.1) is 12.7 Å². The molecule has 1 aromatic carbocycles. The molecule has 1 aromatic rings. The van der Waals surface area contributed by atoms with Crippen LogP contribution in [0.15, 0.2) is 18.2 Å². The van der Waals surface area contributed by atoms with Crippen LogP contribution in [0.4, 0.5) is 8.78 Å². The first-order valence-corrected chi connectivity index (χ1v) is 5.27. The molecule has 0 amide bonds. The van der Waals surface area contributed by atoms with E-state index in [0.717, 1.165) is 0 Å². The number of alkyl halides is 3. The Morgan fingerprint density at radius 1 is 1.41 bits per heavy atom. The first kappa shape index (κ1) is 13.5. The number of nitrogens with zero attached hydrogens (tertiary/aromatic N) is 1. The smallest absolute Gasteiger partial charge is 0.387 e. The van der Waals surface area contributed by atoms with Crippen molar-refractivity contribution in [1.29, 1.82) is 5.26 Å². The van der Waals surface area contributed by atoms with Crippen LogP contribution in [0.2, 0.25) is 0 Å². The summed E-state index contributed by atoms with van der Waals surface area (Å²) < 4.78 is 33.6. The maximum Gasteiger partial charge on any atom is 0.387 e. The van der Waals surface area contributed by atoms with Crippen LogP contribution < -0.4 is 9.47 Å². The van der Waals surface area contributed by atoms with Gasteiger partial charge in [-0.2, -0.15) is 14.0 Å². The second kappa shape index (κ2) is 6.26. The molecular formula is C11H10ClF2NO2. The molecule has 17 heavy (non-hydrogen) atoms. The molecule has 0 saturated carbocycles. The lowest BCUT2D eigenvalue weighted by atomic mass is 10.1. The summed E-state index contributed by atoms with van der Waals surface area (Å²) in [6, 6.07) is 6.00. The largest absolute Gasteiger partial charge is 0.490 e. The van der Waals surface area contributed by atoms with Gasteiger partial charge in [0.2, 0.25) is 0 Å². The fourth-order valence-electron chi connectivity index (χ4n) is 1.22. The zero-order valence-corrected chi connectivity index (χ0v) is 9.75. The maximum atomic E-state index is 12.1. The van der Waals surface area contributed by atoms with Crippen molar-refractivity contribution in [3.63, 3.8) is 0 Å². The second-order valence-corrected chi connectivity index (χ2v) is 3.45. The molecule has 3 nitrogen and oxygen atoms in total. The van der Waals surface area contributed by atoms with E-state index in [9.17, 15) is 8.78 Å². The van der Waals surface area contributed by atoms with Gasteiger partial charge in [-0.25, -0.2) is 0 Å². The van der Waals surface area contributed by atoms with Crippen LogP contribution in [0.3, 0.4) is 0 Å². The van der Waals surface area contributed by atoms with Crippen LogP contribution in [0.5, 0.6) is 11.5 Å². The highest BCUT2D eigenvalue weighted by Gasteiger charge is 2.14. The molecule has 0 aliphatic carbocycles. The first-order chi connectivity index (χ1) is 8.08. The molecule has 0 saturated heterocycles. The molecule has 0 aromatic heterocycles. The van der Waals surface area contributed by atoms with Crippen molar-refractivity contribution in [2.45, 2.75) is 18.9 Å². The lowest BCUT2D eigenvalue weighted by Crippen LogP contribution is -2.05. The van der Waals surface area contributed by atoms with E-state index in [-0.39, 0.29) is 11.5 Å². The standard InChI is InChI=1S/C11H10ClF2NO2/c1-2-16-10-5-7(8(12)6-15)3-4-9(10)17-11(13)14/h3-5,8,11H,2H2,1H3. The average Bonchev–Trinajstić information content (AvgIpc) is 2.30. The zero-order valence-electron chi connectivity index (χ0n) is 8.99. The Morgan fingerprint density at radius 3 is 2.65 bits per heavy atom. The normalized spacial score (nSPS) is 12.0. The molecule has 1 rings (SSSR count). The van der Waals surface area contributed by atoms with Gasteiger partial charge in [-0.05, 0) is 24.6 Å². The van der Waals surface area contributed by atoms with Crippen molar-refractivity contribution >= 4 is 11.6 Å². The van der Waals surface area contributed by atoms with Gasteiger partial charge in [0.1, 0.15) is 5.38 Å². The summed E-state index contributed by atoms with van der Waals surface area (Å²) in [4.78, 5) is 0. The van der Waals surface area contributed by atoms with E-state index in [2.05, 4.69) is 4.74 Å². The molecule has 6 heteroatoms. The first-order valence-electron chi connectivity index (χ1n) is 4.83. The minimum absolute atomic E-state index is 0.0765. The van der Waals surface area contributed by atoms with Gasteiger partial charge in [0.25, 0.3) is 0 Å². The Hall–Kier alpha value is -1.54. The summed E-state index contributed by atoms with van der Waals surface area (Å²) in [6.07, 6.45) is 0. The molecule has 0 aliphatic heterocycles. The van der Waals surface area contributed by atoms with Gasteiger partial charge in [-0.15, -0.1) is 11.6 Å². The fourth-order valence-corrected chi connectivity index (χ4v) is 1.35. The van der Waals surface area contributed by atoms with E-state index in [1.54, 1.807) is 6.92 Å². The van der Waals surface area contributed by atoms with E-state index >= 15 is 0 Å². The number of benzene rings is 1.